The van der Waals surface area contributed by atoms with Crippen LogP contribution in [0.1, 0.15) is 26.5 Å². The molecule has 0 aliphatic heterocycles. The first-order valence-corrected chi connectivity index (χ1v) is 6.31. The number of alkyl halides is 3. The van der Waals surface area contributed by atoms with Gasteiger partial charge in [0.05, 0.1) is 6.20 Å². The Balaban J connectivity index is 2.96. The van der Waals surface area contributed by atoms with Crippen molar-refractivity contribution in [1.82, 2.24) is 4.98 Å². The molecule has 0 bridgehead atoms. The molecule has 0 aromatic carbocycles. The topological polar surface area (TPSA) is 56.3 Å². The highest BCUT2D eigenvalue weighted by molar-refractivity contribution is 7.87. The summed E-state index contributed by atoms with van der Waals surface area (Å²) in [7, 11) is -5.64. The lowest BCUT2D eigenvalue weighted by molar-refractivity contribution is -0.0500. The van der Waals surface area contributed by atoms with Crippen LogP contribution in [0.3, 0.4) is 0 Å². The average Bonchev–Trinajstić information content (AvgIpc) is 2.14. The molecule has 0 unspecified atom stereocenters. The van der Waals surface area contributed by atoms with Crippen molar-refractivity contribution in [2.75, 3.05) is 0 Å². The molecular weight excluding hydrogens is 271 g/mol. The van der Waals surface area contributed by atoms with Crippen LogP contribution in [-0.2, 0) is 15.5 Å². The van der Waals surface area contributed by atoms with Crippen LogP contribution < -0.4 is 4.18 Å². The molecular formula is C10H12F3NO3S. The van der Waals surface area contributed by atoms with Crippen LogP contribution >= 0.6 is 0 Å². The molecule has 1 heterocycles. The maximum absolute atomic E-state index is 12.1. The van der Waals surface area contributed by atoms with Crippen LogP contribution in [-0.4, -0.2) is 18.9 Å². The molecule has 0 N–H and O–H groups in total. The summed E-state index contributed by atoms with van der Waals surface area (Å²) in [5.74, 6) is -0.472. The van der Waals surface area contributed by atoms with E-state index in [-0.39, 0.29) is 5.41 Å². The molecule has 0 aliphatic rings. The Labute approximate surface area is 103 Å². The highest BCUT2D eigenvalue weighted by Crippen LogP contribution is 2.27. The number of pyridine rings is 1. The lowest BCUT2D eigenvalue weighted by Crippen LogP contribution is -2.28. The molecule has 0 amide bonds. The van der Waals surface area contributed by atoms with Gasteiger partial charge in [-0.1, -0.05) is 20.8 Å². The molecule has 0 aliphatic carbocycles. The zero-order valence-electron chi connectivity index (χ0n) is 9.95. The van der Waals surface area contributed by atoms with Crippen molar-refractivity contribution in [2.24, 2.45) is 0 Å². The average molecular weight is 283 g/mol. The van der Waals surface area contributed by atoms with E-state index in [0.29, 0.717) is 5.69 Å². The zero-order chi connectivity index (χ0) is 14.2. The largest absolute Gasteiger partial charge is 0.534 e. The van der Waals surface area contributed by atoms with Gasteiger partial charge in [0.15, 0.2) is 5.75 Å². The fourth-order valence-corrected chi connectivity index (χ4v) is 1.49. The van der Waals surface area contributed by atoms with Gasteiger partial charge in [-0.15, -0.1) is 0 Å². The molecule has 0 saturated carbocycles. The van der Waals surface area contributed by atoms with Crippen molar-refractivity contribution >= 4 is 10.1 Å². The van der Waals surface area contributed by atoms with Gasteiger partial charge >= 0.3 is 15.6 Å². The maximum Gasteiger partial charge on any atom is 0.534 e. The van der Waals surface area contributed by atoms with Gasteiger partial charge in [0, 0.05) is 11.1 Å². The van der Waals surface area contributed by atoms with Crippen LogP contribution in [0, 0.1) is 0 Å². The summed E-state index contributed by atoms with van der Waals surface area (Å²) in [6, 6.07) is 2.55. The zero-order valence-corrected chi connectivity index (χ0v) is 10.8. The van der Waals surface area contributed by atoms with E-state index in [1.807, 2.05) is 20.8 Å². The normalized spacial score (nSPS) is 13.4. The SMILES string of the molecule is CC(C)(C)c1ccc(OS(=O)(=O)C(F)(F)F)cn1. The van der Waals surface area contributed by atoms with Crippen molar-refractivity contribution in [3.8, 4) is 5.75 Å². The van der Waals surface area contributed by atoms with E-state index in [1.165, 1.54) is 6.07 Å². The highest BCUT2D eigenvalue weighted by Gasteiger charge is 2.48. The second-order valence-corrected chi connectivity index (χ2v) is 6.15. The molecule has 1 rings (SSSR count). The van der Waals surface area contributed by atoms with E-state index in [0.717, 1.165) is 12.3 Å². The van der Waals surface area contributed by atoms with Gasteiger partial charge in [0.1, 0.15) is 0 Å². The Morgan fingerprint density at radius 3 is 2.06 bits per heavy atom. The van der Waals surface area contributed by atoms with Crippen LogP contribution in [0.2, 0.25) is 0 Å². The molecule has 8 heteroatoms. The van der Waals surface area contributed by atoms with Gasteiger partial charge < -0.3 is 4.18 Å². The van der Waals surface area contributed by atoms with Gasteiger partial charge in [0.25, 0.3) is 0 Å². The second kappa shape index (κ2) is 4.42. The summed E-state index contributed by atoms with van der Waals surface area (Å²) in [6.07, 6.45) is 0.948. The van der Waals surface area contributed by atoms with Crippen LogP contribution in [0.25, 0.3) is 0 Å². The van der Waals surface area contributed by atoms with E-state index in [2.05, 4.69) is 9.17 Å². The third kappa shape index (κ3) is 3.34. The number of rotatable bonds is 2. The van der Waals surface area contributed by atoms with E-state index in [9.17, 15) is 21.6 Å². The minimum absolute atomic E-state index is 0.290. The summed E-state index contributed by atoms with van der Waals surface area (Å²) in [5, 5.41) is 0. The molecule has 0 radical (unpaired) electrons. The van der Waals surface area contributed by atoms with Gasteiger partial charge in [0.2, 0.25) is 0 Å². The molecule has 0 saturated heterocycles. The summed E-state index contributed by atoms with van der Waals surface area (Å²) >= 11 is 0. The molecule has 0 fully saturated rings. The van der Waals surface area contributed by atoms with E-state index in [4.69, 9.17) is 0 Å². The Morgan fingerprint density at radius 1 is 1.17 bits per heavy atom. The number of nitrogens with zero attached hydrogens (tertiary/aromatic N) is 1. The monoisotopic (exact) mass is 283 g/mol. The third-order valence-electron chi connectivity index (χ3n) is 1.99. The second-order valence-electron chi connectivity index (χ2n) is 4.61. The van der Waals surface area contributed by atoms with Gasteiger partial charge in [-0.05, 0) is 12.1 Å². The molecule has 1 aromatic rings. The molecule has 4 nitrogen and oxygen atoms in total. The van der Waals surface area contributed by atoms with E-state index >= 15 is 0 Å². The highest BCUT2D eigenvalue weighted by atomic mass is 32.2. The molecule has 0 spiro atoms. The third-order valence-corrected chi connectivity index (χ3v) is 2.97. The van der Waals surface area contributed by atoms with Crippen LogP contribution in [0.5, 0.6) is 5.75 Å². The fraction of sp³-hybridized carbons (Fsp3) is 0.500. The van der Waals surface area contributed by atoms with Gasteiger partial charge in [-0.3, -0.25) is 4.98 Å². The van der Waals surface area contributed by atoms with Gasteiger partial charge in [-0.2, -0.15) is 21.6 Å². The molecule has 1 aromatic heterocycles. The Hall–Kier alpha value is -1.31. The predicted octanol–water partition coefficient (Wildman–Crippen LogP) is 2.61. The van der Waals surface area contributed by atoms with Crippen molar-refractivity contribution in [1.29, 1.82) is 0 Å². The van der Waals surface area contributed by atoms with Crippen molar-refractivity contribution < 1.29 is 25.8 Å². The summed E-state index contributed by atoms with van der Waals surface area (Å²) in [5.41, 5.74) is -5.13. The number of halogens is 3. The Bertz CT molecular complexity index is 515. The first-order chi connectivity index (χ1) is 7.93. The summed E-state index contributed by atoms with van der Waals surface area (Å²) < 4.78 is 61.5. The minimum Gasteiger partial charge on any atom is -0.374 e. The quantitative estimate of drug-likeness (QED) is 0.618. The van der Waals surface area contributed by atoms with E-state index in [1.54, 1.807) is 0 Å². The Morgan fingerprint density at radius 2 is 1.72 bits per heavy atom. The van der Waals surface area contributed by atoms with E-state index < -0.39 is 21.4 Å². The minimum atomic E-state index is -5.64. The van der Waals surface area contributed by atoms with Crippen molar-refractivity contribution in [2.45, 2.75) is 31.7 Å². The van der Waals surface area contributed by atoms with Crippen LogP contribution in [0.15, 0.2) is 18.3 Å². The van der Waals surface area contributed by atoms with Crippen LogP contribution in [0.4, 0.5) is 13.2 Å². The van der Waals surface area contributed by atoms with Crippen molar-refractivity contribution in [3.05, 3.63) is 24.0 Å². The lowest BCUT2D eigenvalue weighted by Gasteiger charge is -2.17. The fourth-order valence-electron chi connectivity index (χ4n) is 1.05. The maximum atomic E-state index is 12.1. The first kappa shape index (κ1) is 14.7. The standard InChI is InChI=1S/C10H12F3NO3S/c1-9(2,3)8-5-4-7(6-14-8)17-18(15,16)10(11,12)13/h4-6H,1-3H3. The van der Waals surface area contributed by atoms with Gasteiger partial charge in [-0.25, -0.2) is 0 Å². The smallest absolute Gasteiger partial charge is 0.374 e. The predicted molar refractivity (Wildman–Crippen MR) is 58.5 cm³/mol. The van der Waals surface area contributed by atoms with Crippen molar-refractivity contribution in [3.63, 3.8) is 0 Å². The molecule has 18 heavy (non-hydrogen) atoms. The number of hydrogen-bond donors (Lipinski definition) is 0. The number of aromatic nitrogens is 1. The molecule has 0 atom stereocenters. The first-order valence-electron chi connectivity index (χ1n) is 4.91. The number of hydrogen-bond acceptors (Lipinski definition) is 4. The lowest BCUT2D eigenvalue weighted by atomic mass is 9.92. The summed E-state index contributed by atoms with van der Waals surface area (Å²) in [4.78, 5) is 3.86. The summed E-state index contributed by atoms with van der Waals surface area (Å²) in [6.45, 7) is 5.59. The molecule has 102 valence electrons. The Kier molecular flexibility index (Phi) is 3.62.